The molecule has 0 radical (unpaired) electrons. The number of ether oxygens (including phenoxy) is 2. The number of carbonyl (C=O) groups excluding carboxylic acids is 1. The van der Waals surface area contributed by atoms with Crippen LogP contribution in [-0.4, -0.2) is 44.2 Å². The Morgan fingerprint density at radius 1 is 1.25 bits per heavy atom. The van der Waals surface area contributed by atoms with Crippen LogP contribution in [0.1, 0.15) is 17.5 Å². The van der Waals surface area contributed by atoms with E-state index in [-0.39, 0.29) is 5.91 Å². The van der Waals surface area contributed by atoms with E-state index in [2.05, 4.69) is 22.3 Å². The van der Waals surface area contributed by atoms with Gasteiger partial charge in [-0.15, -0.1) is 0 Å². The van der Waals surface area contributed by atoms with Crippen molar-refractivity contribution in [2.24, 2.45) is 0 Å². The molecular formula is C15H20N2O3. The van der Waals surface area contributed by atoms with Gasteiger partial charge in [0.1, 0.15) is 0 Å². The number of fused-ring (bicyclic) bond motifs is 2. The third kappa shape index (κ3) is 2.72. The third-order valence-corrected chi connectivity index (χ3v) is 3.81. The Hall–Kier alpha value is -1.75. The molecule has 1 N–H and O–H groups in total. The lowest BCUT2D eigenvalue weighted by molar-refractivity contribution is -0.121. The maximum Gasteiger partial charge on any atom is 0.233 e. The first-order valence-corrected chi connectivity index (χ1v) is 7.10. The SMILES string of the molecule is CNC(=O)CN1CCc2cc3c(cc2C1)OCCCO3. The lowest BCUT2D eigenvalue weighted by Gasteiger charge is -2.28. The lowest BCUT2D eigenvalue weighted by atomic mass is 9.99. The van der Waals surface area contributed by atoms with Gasteiger partial charge in [0.15, 0.2) is 11.5 Å². The van der Waals surface area contributed by atoms with E-state index in [1.807, 2.05) is 0 Å². The molecule has 1 aromatic rings. The Bertz CT molecular complexity index is 516. The van der Waals surface area contributed by atoms with Crippen LogP contribution in [0.5, 0.6) is 11.5 Å². The zero-order valence-corrected chi connectivity index (χ0v) is 11.8. The van der Waals surface area contributed by atoms with Gasteiger partial charge >= 0.3 is 0 Å². The second-order valence-corrected chi connectivity index (χ2v) is 5.25. The van der Waals surface area contributed by atoms with Crippen molar-refractivity contribution in [2.45, 2.75) is 19.4 Å². The summed E-state index contributed by atoms with van der Waals surface area (Å²) in [5.41, 5.74) is 2.55. The number of carbonyl (C=O) groups is 1. The van der Waals surface area contributed by atoms with Crippen LogP contribution in [-0.2, 0) is 17.8 Å². The molecule has 0 fully saturated rings. The highest BCUT2D eigenvalue weighted by Gasteiger charge is 2.21. The molecule has 0 aromatic heterocycles. The number of amides is 1. The number of hydrogen-bond donors (Lipinski definition) is 1. The van der Waals surface area contributed by atoms with Crippen LogP contribution in [0.3, 0.4) is 0 Å². The van der Waals surface area contributed by atoms with Gasteiger partial charge in [0.25, 0.3) is 0 Å². The molecule has 0 saturated carbocycles. The first-order chi connectivity index (χ1) is 9.76. The van der Waals surface area contributed by atoms with Crippen molar-refractivity contribution >= 4 is 5.91 Å². The number of nitrogens with zero attached hydrogens (tertiary/aromatic N) is 1. The topological polar surface area (TPSA) is 50.8 Å². The minimum Gasteiger partial charge on any atom is -0.490 e. The van der Waals surface area contributed by atoms with E-state index >= 15 is 0 Å². The predicted molar refractivity (Wildman–Crippen MR) is 75.1 cm³/mol. The number of nitrogens with one attached hydrogen (secondary N) is 1. The number of hydrogen-bond acceptors (Lipinski definition) is 4. The average Bonchev–Trinajstić information content (AvgIpc) is 2.69. The molecule has 0 unspecified atom stereocenters. The fourth-order valence-electron chi connectivity index (χ4n) is 2.69. The standard InChI is InChI=1S/C15H20N2O3/c1-16-15(18)10-17-4-3-11-7-13-14(8-12(11)9-17)20-6-2-5-19-13/h7-8H,2-6,9-10H2,1H3,(H,16,18). The zero-order chi connectivity index (χ0) is 13.9. The van der Waals surface area contributed by atoms with E-state index in [9.17, 15) is 4.79 Å². The number of rotatable bonds is 2. The third-order valence-electron chi connectivity index (χ3n) is 3.81. The highest BCUT2D eigenvalue weighted by atomic mass is 16.5. The van der Waals surface area contributed by atoms with E-state index in [4.69, 9.17) is 9.47 Å². The lowest BCUT2D eigenvalue weighted by Crippen LogP contribution is -2.38. The van der Waals surface area contributed by atoms with Crippen LogP contribution >= 0.6 is 0 Å². The summed E-state index contributed by atoms with van der Waals surface area (Å²) >= 11 is 0. The number of likely N-dealkylation sites (N-methyl/N-ethyl adjacent to an activating group) is 1. The molecule has 2 aliphatic heterocycles. The van der Waals surface area contributed by atoms with E-state index in [0.717, 1.165) is 37.4 Å². The molecule has 5 heteroatoms. The van der Waals surface area contributed by atoms with E-state index in [1.165, 1.54) is 11.1 Å². The monoisotopic (exact) mass is 276 g/mol. The summed E-state index contributed by atoms with van der Waals surface area (Å²) in [6.07, 6.45) is 1.87. The second kappa shape index (κ2) is 5.71. The smallest absolute Gasteiger partial charge is 0.233 e. The van der Waals surface area contributed by atoms with Crippen LogP contribution in [0.2, 0.25) is 0 Å². The number of benzene rings is 1. The highest BCUT2D eigenvalue weighted by molar-refractivity contribution is 5.77. The van der Waals surface area contributed by atoms with Crippen molar-refractivity contribution in [3.8, 4) is 11.5 Å². The van der Waals surface area contributed by atoms with Crippen molar-refractivity contribution < 1.29 is 14.3 Å². The van der Waals surface area contributed by atoms with Gasteiger partial charge in [-0.1, -0.05) is 0 Å². The second-order valence-electron chi connectivity index (χ2n) is 5.25. The predicted octanol–water partition coefficient (Wildman–Crippen LogP) is 0.952. The van der Waals surface area contributed by atoms with Gasteiger partial charge in [-0.25, -0.2) is 0 Å². The highest BCUT2D eigenvalue weighted by Crippen LogP contribution is 2.34. The average molecular weight is 276 g/mol. The first kappa shape index (κ1) is 13.2. The van der Waals surface area contributed by atoms with Gasteiger partial charge in [0.2, 0.25) is 5.91 Å². The molecular weight excluding hydrogens is 256 g/mol. The summed E-state index contributed by atoms with van der Waals surface area (Å²) in [7, 11) is 1.67. The summed E-state index contributed by atoms with van der Waals surface area (Å²) in [5.74, 6) is 1.76. The van der Waals surface area contributed by atoms with Gasteiger partial charge in [0, 0.05) is 26.6 Å². The normalized spacial score (nSPS) is 18.1. The van der Waals surface area contributed by atoms with Crippen molar-refractivity contribution in [3.05, 3.63) is 23.3 Å². The van der Waals surface area contributed by atoms with Crippen LogP contribution in [0.25, 0.3) is 0 Å². The molecule has 2 aliphatic rings. The summed E-state index contributed by atoms with van der Waals surface area (Å²) in [5, 5.41) is 2.67. The van der Waals surface area contributed by atoms with Crippen LogP contribution in [0, 0.1) is 0 Å². The van der Waals surface area contributed by atoms with Gasteiger partial charge in [-0.3, -0.25) is 9.69 Å². The molecule has 0 saturated heterocycles. The summed E-state index contributed by atoms with van der Waals surface area (Å²) in [4.78, 5) is 13.6. The summed E-state index contributed by atoms with van der Waals surface area (Å²) < 4.78 is 11.4. The molecule has 20 heavy (non-hydrogen) atoms. The first-order valence-electron chi connectivity index (χ1n) is 7.10. The fourth-order valence-corrected chi connectivity index (χ4v) is 2.69. The molecule has 5 nitrogen and oxygen atoms in total. The Morgan fingerprint density at radius 2 is 1.95 bits per heavy atom. The van der Waals surface area contributed by atoms with Gasteiger partial charge in [-0.2, -0.15) is 0 Å². The van der Waals surface area contributed by atoms with Crippen molar-refractivity contribution in [2.75, 3.05) is 33.4 Å². The van der Waals surface area contributed by atoms with Crippen molar-refractivity contribution in [3.63, 3.8) is 0 Å². The van der Waals surface area contributed by atoms with Crippen LogP contribution < -0.4 is 14.8 Å². The minimum atomic E-state index is 0.0581. The molecule has 108 valence electrons. The van der Waals surface area contributed by atoms with Crippen molar-refractivity contribution in [1.82, 2.24) is 10.2 Å². The quantitative estimate of drug-likeness (QED) is 0.874. The summed E-state index contributed by atoms with van der Waals surface area (Å²) in [6, 6.07) is 4.18. The molecule has 2 heterocycles. The van der Waals surface area contributed by atoms with Crippen LogP contribution in [0.4, 0.5) is 0 Å². The fraction of sp³-hybridized carbons (Fsp3) is 0.533. The molecule has 1 aromatic carbocycles. The van der Waals surface area contributed by atoms with Gasteiger partial charge in [0.05, 0.1) is 19.8 Å². The maximum atomic E-state index is 11.5. The molecule has 1 amide bonds. The Morgan fingerprint density at radius 3 is 2.65 bits per heavy atom. The maximum absolute atomic E-state index is 11.5. The van der Waals surface area contributed by atoms with Gasteiger partial charge in [-0.05, 0) is 29.7 Å². The largest absolute Gasteiger partial charge is 0.490 e. The Labute approximate surface area is 118 Å². The molecule has 0 aliphatic carbocycles. The van der Waals surface area contributed by atoms with Crippen molar-refractivity contribution in [1.29, 1.82) is 0 Å². The molecule has 0 bridgehead atoms. The Balaban J connectivity index is 1.79. The van der Waals surface area contributed by atoms with E-state index in [0.29, 0.717) is 19.8 Å². The zero-order valence-electron chi connectivity index (χ0n) is 11.8. The molecule has 0 atom stereocenters. The van der Waals surface area contributed by atoms with E-state index in [1.54, 1.807) is 7.05 Å². The summed E-state index contributed by atoms with van der Waals surface area (Å²) in [6.45, 7) is 3.56. The minimum absolute atomic E-state index is 0.0581. The van der Waals surface area contributed by atoms with E-state index < -0.39 is 0 Å². The Kier molecular flexibility index (Phi) is 3.78. The van der Waals surface area contributed by atoms with Gasteiger partial charge < -0.3 is 14.8 Å². The molecule has 3 rings (SSSR count). The molecule has 0 spiro atoms. The van der Waals surface area contributed by atoms with Crippen LogP contribution in [0.15, 0.2) is 12.1 Å².